The summed E-state index contributed by atoms with van der Waals surface area (Å²) < 4.78 is 7.91. The Hall–Kier alpha value is -4.06. The highest BCUT2D eigenvalue weighted by Crippen LogP contribution is 2.31. The van der Waals surface area contributed by atoms with Crippen LogP contribution >= 0.6 is 0 Å². The van der Waals surface area contributed by atoms with Crippen molar-refractivity contribution in [2.24, 2.45) is 0 Å². The molecular weight excluding hydrogens is 350 g/mol. The van der Waals surface area contributed by atoms with Gasteiger partial charge in [-0.15, -0.1) is 0 Å². The minimum absolute atomic E-state index is 0.481. The second kappa shape index (κ2) is 5.72. The third-order valence-corrected chi connectivity index (χ3v) is 4.85. The van der Waals surface area contributed by atoms with Gasteiger partial charge in [-0.3, -0.25) is 9.55 Å². The van der Waals surface area contributed by atoms with Crippen LogP contribution in [0.3, 0.4) is 0 Å². The molecule has 0 N–H and O–H groups in total. The molecule has 0 aliphatic rings. The topological polar surface area (TPSA) is 69.6 Å². The van der Waals surface area contributed by atoms with Crippen molar-refractivity contribution < 1.29 is 4.42 Å². The monoisotopic (exact) mass is 363 g/mol. The maximum absolute atomic E-state index is 5.79. The molecule has 1 aromatic carbocycles. The Morgan fingerprint density at radius 1 is 0.786 bits per heavy atom. The summed E-state index contributed by atoms with van der Waals surface area (Å²) in [4.78, 5) is 17.7. The zero-order chi connectivity index (χ0) is 18.5. The van der Waals surface area contributed by atoms with Gasteiger partial charge in [-0.25, -0.2) is 15.0 Å². The third-order valence-electron chi connectivity index (χ3n) is 4.85. The van der Waals surface area contributed by atoms with Gasteiger partial charge in [0.2, 0.25) is 5.89 Å². The van der Waals surface area contributed by atoms with Crippen LogP contribution in [0.1, 0.15) is 0 Å². The van der Waals surface area contributed by atoms with Crippen molar-refractivity contribution in [1.29, 1.82) is 0 Å². The van der Waals surface area contributed by atoms with E-state index in [0.29, 0.717) is 17.2 Å². The largest absolute Gasteiger partial charge is 0.435 e. The predicted molar refractivity (Wildman–Crippen MR) is 107 cm³/mol. The molecule has 0 radical (unpaired) electrons. The van der Waals surface area contributed by atoms with Crippen LogP contribution in [0, 0.1) is 0 Å². The van der Waals surface area contributed by atoms with Crippen LogP contribution in [0.15, 0.2) is 83.8 Å². The minimum atomic E-state index is 0.481. The van der Waals surface area contributed by atoms with Crippen LogP contribution in [0.4, 0.5) is 0 Å². The summed E-state index contributed by atoms with van der Waals surface area (Å²) in [7, 11) is 0. The molecular formula is C22H13N5O. The summed E-state index contributed by atoms with van der Waals surface area (Å²) in [5.41, 5.74) is 5.03. The first kappa shape index (κ1) is 15.0. The molecule has 6 nitrogen and oxygen atoms in total. The Bertz CT molecular complexity index is 1380. The summed E-state index contributed by atoms with van der Waals surface area (Å²) in [6.45, 7) is 0. The fourth-order valence-electron chi connectivity index (χ4n) is 3.59. The number of benzene rings is 1. The first-order valence-electron chi connectivity index (χ1n) is 8.90. The highest BCUT2D eigenvalue weighted by atomic mass is 16.3. The molecule has 0 saturated heterocycles. The maximum atomic E-state index is 5.79. The Balaban J connectivity index is 1.52. The van der Waals surface area contributed by atoms with Crippen LogP contribution in [0.5, 0.6) is 0 Å². The van der Waals surface area contributed by atoms with Crippen molar-refractivity contribution in [3.05, 3.63) is 79.4 Å². The molecule has 0 aliphatic carbocycles. The van der Waals surface area contributed by atoms with Crippen molar-refractivity contribution in [3.8, 4) is 17.3 Å². The molecule has 0 spiro atoms. The van der Waals surface area contributed by atoms with Gasteiger partial charge in [0.05, 0.1) is 23.6 Å². The summed E-state index contributed by atoms with van der Waals surface area (Å²) in [6.07, 6.45) is 7.00. The van der Waals surface area contributed by atoms with E-state index in [2.05, 4.69) is 42.7 Å². The average molecular weight is 363 g/mol. The van der Waals surface area contributed by atoms with E-state index in [1.54, 1.807) is 18.5 Å². The van der Waals surface area contributed by atoms with Crippen molar-refractivity contribution in [1.82, 2.24) is 24.5 Å². The highest BCUT2D eigenvalue weighted by molar-refractivity contribution is 6.07. The van der Waals surface area contributed by atoms with E-state index < -0.39 is 0 Å². The van der Waals surface area contributed by atoms with Crippen molar-refractivity contribution in [2.75, 3.05) is 0 Å². The van der Waals surface area contributed by atoms with Gasteiger partial charge in [-0.2, -0.15) is 0 Å². The average Bonchev–Trinajstić information content (AvgIpc) is 3.33. The zero-order valence-corrected chi connectivity index (χ0v) is 14.6. The maximum Gasteiger partial charge on any atom is 0.246 e. The summed E-state index contributed by atoms with van der Waals surface area (Å²) in [5.74, 6) is 0.481. The Kier molecular flexibility index (Phi) is 3.07. The lowest BCUT2D eigenvalue weighted by Gasteiger charge is -2.06. The molecule has 0 saturated carbocycles. The van der Waals surface area contributed by atoms with Gasteiger partial charge in [-0.1, -0.05) is 18.2 Å². The van der Waals surface area contributed by atoms with E-state index in [4.69, 9.17) is 4.42 Å². The Morgan fingerprint density at radius 2 is 1.71 bits per heavy atom. The molecule has 0 atom stereocenters. The van der Waals surface area contributed by atoms with Gasteiger partial charge < -0.3 is 4.42 Å². The van der Waals surface area contributed by atoms with E-state index in [1.165, 1.54) is 5.39 Å². The Labute approximate surface area is 159 Å². The lowest BCUT2D eigenvalue weighted by Crippen LogP contribution is -1.96. The van der Waals surface area contributed by atoms with Gasteiger partial charge >= 0.3 is 0 Å². The lowest BCUT2D eigenvalue weighted by atomic mass is 10.2. The number of oxazole rings is 1. The number of pyridine rings is 3. The predicted octanol–water partition coefficient (Wildman–Crippen LogP) is 4.78. The second-order valence-electron chi connectivity index (χ2n) is 6.49. The second-order valence-corrected chi connectivity index (χ2v) is 6.49. The fourth-order valence-corrected chi connectivity index (χ4v) is 3.59. The number of aromatic nitrogens is 5. The van der Waals surface area contributed by atoms with E-state index in [1.807, 2.05) is 42.7 Å². The molecule has 0 aliphatic heterocycles. The van der Waals surface area contributed by atoms with Gasteiger partial charge in [0, 0.05) is 29.2 Å². The summed E-state index contributed by atoms with van der Waals surface area (Å²) in [6, 6.07) is 18.1. The van der Waals surface area contributed by atoms with E-state index in [9.17, 15) is 0 Å². The quantitative estimate of drug-likeness (QED) is 0.443. The molecule has 132 valence electrons. The molecule has 0 unspecified atom stereocenters. The first-order valence-corrected chi connectivity index (χ1v) is 8.90. The van der Waals surface area contributed by atoms with Crippen LogP contribution < -0.4 is 0 Å². The number of hydrogen-bond donors (Lipinski definition) is 0. The minimum Gasteiger partial charge on any atom is -0.435 e. The molecule has 28 heavy (non-hydrogen) atoms. The van der Waals surface area contributed by atoms with Crippen LogP contribution in [0.25, 0.3) is 50.3 Å². The van der Waals surface area contributed by atoms with Crippen LogP contribution in [0.2, 0.25) is 0 Å². The molecule has 5 heterocycles. The lowest BCUT2D eigenvalue weighted by molar-refractivity contribution is 0.616. The normalized spacial score (nSPS) is 11.6. The van der Waals surface area contributed by atoms with Gasteiger partial charge in [0.15, 0.2) is 5.58 Å². The molecule has 5 aromatic heterocycles. The molecule has 0 fully saturated rings. The number of nitrogens with zero attached hydrogens (tertiary/aromatic N) is 5. The smallest absolute Gasteiger partial charge is 0.246 e. The fraction of sp³-hybridized carbons (Fsp3) is 0. The molecule has 6 heteroatoms. The van der Waals surface area contributed by atoms with Crippen molar-refractivity contribution in [3.63, 3.8) is 0 Å². The van der Waals surface area contributed by atoms with Crippen molar-refractivity contribution >= 4 is 33.0 Å². The first-order chi connectivity index (χ1) is 13.9. The molecule has 0 amide bonds. The van der Waals surface area contributed by atoms with Crippen LogP contribution in [-0.4, -0.2) is 24.5 Å². The van der Waals surface area contributed by atoms with Gasteiger partial charge in [0.25, 0.3) is 0 Å². The standard InChI is InChI=1S/C22H13N5O/c1-2-6-19-15(4-1)16-5-3-10-24-21(16)27(19)14-7-8-17(25-12-14)22-26-18-13-23-11-9-20(18)28-22/h1-13H. The Morgan fingerprint density at radius 3 is 2.61 bits per heavy atom. The molecule has 0 bridgehead atoms. The van der Waals surface area contributed by atoms with Gasteiger partial charge in [0.1, 0.15) is 16.9 Å². The van der Waals surface area contributed by atoms with Crippen LogP contribution in [-0.2, 0) is 0 Å². The van der Waals surface area contributed by atoms with E-state index in [0.717, 1.165) is 27.8 Å². The number of rotatable bonds is 2. The SMILES string of the molecule is c1ccc2c(c1)c1cccnc1n2-c1ccc(-c2nc3cnccc3o2)nc1. The zero-order valence-electron chi connectivity index (χ0n) is 14.6. The molecule has 6 aromatic rings. The number of hydrogen-bond acceptors (Lipinski definition) is 5. The summed E-state index contributed by atoms with van der Waals surface area (Å²) in [5, 5.41) is 2.29. The van der Waals surface area contributed by atoms with E-state index >= 15 is 0 Å². The number of fused-ring (bicyclic) bond motifs is 4. The van der Waals surface area contributed by atoms with Crippen molar-refractivity contribution in [2.45, 2.75) is 0 Å². The molecule has 6 rings (SSSR count). The third kappa shape index (κ3) is 2.15. The summed E-state index contributed by atoms with van der Waals surface area (Å²) >= 11 is 0. The number of para-hydroxylation sites is 1. The highest BCUT2D eigenvalue weighted by Gasteiger charge is 2.14. The van der Waals surface area contributed by atoms with E-state index in [-0.39, 0.29) is 0 Å². The van der Waals surface area contributed by atoms with Gasteiger partial charge in [-0.05, 0) is 30.3 Å².